The number of anilines is 1. The summed E-state index contributed by atoms with van der Waals surface area (Å²) in [5.41, 5.74) is 6.39. The van der Waals surface area contributed by atoms with Gasteiger partial charge in [0.25, 0.3) is 0 Å². The predicted molar refractivity (Wildman–Crippen MR) is 105 cm³/mol. The number of carbonyl (C=O) groups is 1. The van der Waals surface area contributed by atoms with Crippen LogP contribution in [0.25, 0.3) is 0 Å². The van der Waals surface area contributed by atoms with Crippen molar-refractivity contribution in [2.45, 2.75) is 44.2 Å². The van der Waals surface area contributed by atoms with Gasteiger partial charge in [0.15, 0.2) is 0 Å². The van der Waals surface area contributed by atoms with Crippen molar-refractivity contribution < 1.29 is 13.9 Å². The first-order valence-electron chi connectivity index (χ1n) is 9.45. The van der Waals surface area contributed by atoms with E-state index in [1.807, 2.05) is 0 Å². The monoisotopic (exact) mass is 396 g/mol. The summed E-state index contributed by atoms with van der Waals surface area (Å²) in [5.74, 6) is 0.492. The summed E-state index contributed by atoms with van der Waals surface area (Å²) in [5, 5.41) is 3.32. The molecule has 0 aliphatic carbocycles. The van der Waals surface area contributed by atoms with Crippen LogP contribution < -0.4 is 11.1 Å². The zero-order valence-electron chi connectivity index (χ0n) is 15.3. The Hall–Kier alpha value is -2.02. The van der Waals surface area contributed by atoms with Crippen LogP contribution in [0.15, 0.2) is 23.2 Å². The van der Waals surface area contributed by atoms with Crippen molar-refractivity contribution >= 4 is 29.2 Å². The van der Waals surface area contributed by atoms with Crippen LogP contribution >= 0.6 is 11.6 Å². The summed E-state index contributed by atoms with van der Waals surface area (Å²) < 4.78 is 19.3. The van der Waals surface area contributed by atoms with Gasteiger partial charge in [-0.05, 0) is 25.0 Å². The van der Waals surface area contributed by atoms with Gasteiger partial charge in [0.2, 0.25) is 0 Å². The van der Waals surface area contributed by atoms with Crippen LogP contribution in [0.2, 0.25) is 0 Å². The molecule has 3 N–H and O–H groups in total. The predicted octanol–water partition coefficient (Wildman–Crippen LogP) is 3.68. The Morgan fingerprint density at radius 3 is 2.78 bits per heavy atom. The fraction of sp³-hybridized carbons (Fsp3) is 0.579. The Morgan fingerprint density at radius 2 is 2.04 bits per heavy atom. The molecule has 8 heteroatoms. The summed E-state index contributed by atoms with van der Waals surface area (Å²) >= 11 is 5.64. The topological polar surface area (TPSA) is 80.0 Å². The van der Waals surface area contributed by atoms with Crippen LogP contribution in [0.5, 0.6) is 0 Å². The van der Waals surface area contributed by atoms with E-state index in [-0.39, 0.29) is 17.7 Å². The summed E-state index contributed by atoms with van der Waals surface area (Å²) in [6.07, 6.45) is 4.81. The number of alkyl halides is 1. The number of nitrogens with one attached hydrogen (secondary N) is 1. The number of rotatable bonds is 6. The number of carbonyl (C=O) groups excluding carboxylic acids is 1. The first kappa shape index (κ1) is 19.7. The Bertz CT molecular complexity index is 705. The lowest BCUT2D eigenvalue weighted by atomic mass is 9.94. The van der Waals surface area contributed by atoms with E-state index in [0.29, 0.717) is 49.7 Å². The number of unbranched alkanes of at least 4 members (excludes halogenated alkanes) is 3. The smallest absolute Gasteiger partial charge is 0.409 e. The van der Waals surface area contributed by atoms with E-state index in [4.69, 9.17) is 22.1 Å². The average molecular weight is 397 g/mol. The number of fused-ring (bicyclic) bond motifs is 1. The number of piperidine rings is 1. The van der Waals surface area contributed by atoms with Crippen molar-refractivity contribution in [3.05, 3.63) is 29.6 Å². The SMILES string of the molecule is NC1=NC2(CCN(C(=O)OCCCCCCCl)CC2)Nc2cccc(F)c21. The third-order valence-corrected chi connectivity index (χ3v) is 5.34. The number of ether oxygens (including phenoxy) is 1. The molecule has 0 radical (unpaired) electrons. The van der Waals surface area contributed by atoms with Crippen molar-refractivity contribution in [1.82, 2.24) is 4.90 Å². The minimum Gasteiger partial charge on any atom is -0.449 e. The van der Waals surface area contributed by atoms with Gasteiger partial charge in [-0.25, -0.2) is 14.2 Å². The van der Waals surface area contributed by atoms with E-state index in [9.17, 15) is 9.18 Å². The van der Waals surface area contributed by atoms with Crippen LogP contribution in [0.1, 0.15) is 44.1 Å². The molecule has 1 aromatic carbocycles. The highest BCUT2D eigenvalue weighted by Gasteiger charge is 2.39. The Kier molecular flexibility index (Phi) is 6.42. The van der Waals surface area contributed by atoms with Crippen molar-refractivity contribution in [3.63, 3.8) is 0 Å². The summed E-state index contributed by atoms with van der Waals surface area (Å²) in [4.78, 5) is 18.4. The number of amides is 1. The second-order valence-corrected chi connectivity index (χ2v) is 7.40. The molecule has 1 amide bonds. The number of hydrogen-bond acceptors (Lipinski definition) is 5. The van der Waals surface area contributed by atoms with Gasteiger partial charge in [-0.1, -0.05) is 18.9 Å². The van der Waals surface area contributed by atoms with Crippen LogP contribution in [-0.4, -0.2) is 48.1 Å². The van der Waals surface area contributed by atoms with Gasteiger partial charge in [-0.2, -0.15) is 0 Å². The van der Waals surface area contributed by atoms with Gasteiger partial charge in [0.05, 0.1) is 12.2 Å². The van der Waals surface area contributed by atoms with Gasteiger partial charge in [-0.3, -0.25) is 0 Å². The minimum absolute atomic E-state index is 0.204. The second kappa shape index (κ2) is 8.78. The molecule has 2 aliphatic heterocycles. The number of nitrogens with two attached hydrogens (primary N) is 1. The number of benzene rings is 1. The molecule has 6 nitrogen and oxygen atoms in total. The lowest BCUT2D eigenvalue weighted by Gasteiger charge is -2.42. The molecule has 1 aromatic rings. The van der Waals surface area contributed by atoms with Crippen molar-refractivity contribution in [2.24, 2.45) is 10.7 Å². The maximum absolute atomic E-state index is 14.0. The minimum atomic E-state index is -0.594. The summed E-state index contributed by atoms with van der Waals surface area (Å²) in [6.45, 7) is 1.46. The molecular formula is C19H26ClFN4O2. The molecule has 1 saturated heterocycles. The molecule has 0 bridgehead atoms. The Labute approximate surface area is 163 Å². The van der Waals surface area contributed by atoms with Crippen LogP contribution in [0.4, 0.5) is 14.9 Å². The molecule has 0 atom stereocenters. The van der Waals surface area contributed by atoms with Gasteiger partial charge in [0, 0.05) is 37.5 Å². The Balaban J connectivity index is 1.51. The molecule has 3 rings (SSSR count). The number of amidine groups is 1. The lowest BCUT2D eigenvalue weighted by molar-refractivity contribution is 0.0851. The number of halogens is 2. The molecule has 27 heavy (non-hydrogen) atoms. The third kappa shape index (κ3) is 4.64. The Morgan fingerprint density at radius 1 is 1.30 bits per heavy atom. The van der Waals surface area contributed by atoms with Crippen LogP contribution in [0.3, 0.4) is 0 Å². The highest BCUT2D eigenvalue weighted by Crippen LogP contribution is 2.35. The highest BCUT2D eigenvalue weighted by molar-refractivity contribution is 6.17. The van der Waals surface area contributed by atoms with E-state index in [1.165, 1.54) is 6.07 Å². The standard InChI is InChI=1S/C19H26ClFN4O2/c20-10-3-1-2-4-13-27-18(26)25-11-8-19(9-12-25)23-15-7-5-6-14(21)16(15)17(22)24-19/h5-7,23H,1-4,8-13H2,(H2,22,24). The molecule has 2 aliphatic rings. The molecular weight excluding hydrogens is 371 g/mol. The molecule has 148 valence electrons. The molecule has 0 unspecified atom stereocenters. The van der Waals surface area contributed by atoms with Gasteiger partial charge >= 0.3 is 6.09 Å². The van der Waals surface area contributed by atoms with Crippen molar-refractivity contribution in [1.29, 1.82) is 0 Å². The fourth-order valence-corrected chi connectivity index (χ4v) is 3.74. The van der Waals surface area contributed by atoms with Crippen LogP contribution in [0, 0.1) is 5.82 Å². The van der Waals surface area contributed by atoms with Crippen molar-refractivity contribution in [2.75, 3.05) is 30.9 Å². The van der Waals surface area contributed by atoms with E-state index in [2.05, 4.69) is 10.3 Å². The van der Waals surface area contributed by atoms with E-state index in [1.54, 1.807) is 17.0 Å². The molecule has 0 saturated carbocycles. The van der Waals surface area contributed by atoms with E-state index in [0.717, 1.165) is 25.7 Å². The average Bonchev–Trinajstić information content (AvgIpc) is 2.64. The second-order valence-electron chi connectivity index (χ2n) is 7.02. The first-order chi connectivity index (χ1) is 13.0. The van der Waals surface area contributed by atoms with Crippen LogP contribution in [-0.2, 0) is 4.74 Å². The zero-order chi connectivity index (χ0) is 19.3. The maximum atomic E-state index is 14.0. The third-order valence-electron chi connectivity index (χ3n) is 5.07. The molecule has 1 spiro atoms. The zero-order valence-corrected chi connectivity index (χ0v) is 16.1. The van der Waals surface area contributed by atoms with Gasteiger partial charge in [0.1, 0.15) is 17.3 Å². The van der Waals surface area contributed by atoms with Crippen molar-refractivity contribution in [3.8, 4) is 0 Å². The van der Waals surface area contributed by atoms with Gasteiger partial charge < -0.3 is 20.7 Å². The first-order valence-corrected chi connectivity index (χ1v) is 9.98. The normalized spacial score (nSPS) is 17.9. The highest BCUT2D eigenvalue weighted by atomic mass is 35.5. The van der Waals surface area contributed by atoms with Gasteiger partial charge in [-0.15, -0.1) is 11.6 Å². The number of aliphatic imine (C=N–C) groups is 1. The van der Waals surface area contributed by atoms with E-state index >= 15 is 0 Å². The maximum Gasteiger partial charge on any atom is 0.409 e. The quantitative estimate of drug-likeness (QED) is 0.567. The largest absolute Gasteiger partial charge is 0.449 e. The molecule has 2 heterocycles. The fourth-order valence-electron chi connectivity index (χ4n) is 3.55. The van der Waals surface area contributed by atoms with E-state index < -0.39 is 5.66 Å². The number of nitrogens with zero attached hydrogens (tertiary/aromatic N) is 2. The molecule has 0 aromatic heterocycles. The number of likely N-dealkylation sites (tertiary alicyclic amines) is 1. The number of hydrogen-bond donors (Lipinski definition) is 2. The molecule has 1 fully saturated rings. The summed E-state index contributed by atoms with van der Waals surface area (Å²) in [6, 6.07) is 4.81. The lowest BCUT2D eigenvalue weighted by Crippen LogP contribution is -2.52. The summed E-state index contributed by atoms with van der Waals surface area (Å²) in [7, 11) is 0.